The van der Waals surface area contributed by atoms with Crippen LogP contribution in [-0.2, 0) is 18.9 Å². The van der Waals surface area contributed by atoms with Crippen molar-refractivity contribution in [2.24, 2.45) is 0 Å². The molecular weight excluding hydrogens is 412 g/mol. The van der Waals surface area contributed by atoms with Crippen LogP contribution in [0.4, 0.5) is 0 Å². The second-order valence-corrected chi connectivity index (χ2v) is 8.30. The van der Waals surface area contributed by atoms with Crippen LogP contribution >= 0.6 is 0 Å². The average Bonchev–Trinajstić information content (AvgIpc) is 2.72. The molecule has 0 bridgehead atoms. The molecule has 0 radical (unpaired) electrons. The van der Waals surface area contributed by atoms with Crippen molar-refractivity contribution in [3.05, 3.63) is 23.3 Å². The maximum Gasteiger partial charge on any atom is 0.187 e. The Morgan fingerprint density at radius 3 is 2.19 bits per heavy atom. The van der Waals surface area contributed by atoms with E-state index in [1.807, 2.05) is 26.8 Å². The standard InChI is InChI=1S/C21H36O10/c1-11(2)5-4-6-12(3)7-8-28-21-19(27)17(25)16(24)14(31-21)10-30-20-18(26)15(23)13(22)9-29-20/h5,7,13-27H,4,6,8-10H2,1-3H3/b12-7-/t13-,14+,15-,16+,17-,18+,19+,20-,21+/m0/s1. The molecule has 6 N–H and O–H groups in total. The molecule has 10 heteroatoms. The van der Waals surface area contributed by atoms with Crippen molar-refractivity contribution in [3.63, 3.8) is 0 Å². The van der Waals surface area contributed by atoms with E-state index >= 15 is 0 Å². The van der Waals surface area contributed by atoms with Crippen LogP contribution < -0.4 is 0 Å². The van der Waals surface area contributed by atoms with E-state index < -0.39 is 55.3 Å². The zero-order valence-corrected chi connectivity index (χ0v) is 18.2. The smallest absolute Gasteiger partial charge is 0.187 e. The highest BCUT2D eigenvalue weighted by Crippen LogP contribution is 2.24. The first-order valence-corrected chi connectivity index (χ1v) is 10.5. The highest BCUT2D eigenvalue weighted by Gasteiger charge is 2.45. The molecule has 2 fully saturated rings. The fraction of sp³-hybridized carbons (Fsp3) is 0.810. The summed E-state index contributed by atoms with van der Waals surface area (Å²) in [7, 11) is 0. The van der Waals surface area contributed by atoms with Crippen molar-refractivity contribution in [2.45, 2.75) is 88.9 Å². The molecule has 0 spiro atoms. The van der Waals surface area contributed by atoms with Crippen LogP contribution in [0.1, 0.15) is 33.6 Å². The Labute approximate surface area is 182 Å². The zero-order chi connectivity index (χ0) is 23.1. The molecule has 2 aliphatic rings. The first-order valence-electron chi connectivity index (χ1n) is 10.5. The van der Waals surface area contributed by atoms with Crippen LogP contribution in [0.3, 0.4) is 0 Å². The molecule has 2 saturated heterocycles. The number of hydrogen-bond acceptors (Lipinski definition) is 10. The second-order valence-electron chi connectivity index (χ2n) is 8.30. The number of allylic oxidation sites excluding steroid dienone is 3. The molecule has 0 amide bonds. The lowest BCUT2D eigenvalue weighted by atomic mass is 9.99. The summed E-state index contributed by atoms with van der Waals surface area (Å²) in [5.74, 6) is 0. The first-order chi connectivity index (χ1) is 14.6. The van der Waals surface area contributed by atoms with Crippen molar-refractivity contribution < 1.29 is 49.6 Å². The third kappa shape index (κ3) is 7.57. The molecule has 0 aromatic carbocycles. The van der Waals surface area contributed by atoms with E-state index in [1.165, 1.54) is 5.57 Å². The lowest BCUT2D eigenvalue weighted by Crippen LogP contribution is -2.60. The Kier molecular flexibility index (Phi) is 10.5. The summed E-state index contributed by atoms with van der Waals surface area (Å²) in [5.41, 5.74) is 2.35. The summed E-state index contributed by atoms with van der Waals surface area (Å²) < 4.78 is 21.6. The summed E-state index contributed by atoms with van der Waals surface area (Å²) in [6.07, 6.45) is -6.36. The quantitative estimate of drug-likeness (QED) is 0.241. The minimum atomic E-state index is -1.53. The van der Waals surface area contributed by atoms with Gasteiger partial charge in [0.15, 0.2) is 12.6 Å². The molecule has 0 aliphatic carbocycles. The number of aliphatic hydroxyl groups excluding tert-OH is 6. The number of ether oxygens (including phenoxy) is 4. The fourth-order valence-electron chi connectivity index (χ4n) is 3.28. The summed E-state index contributed by atoms with van der Waals surface area (Å²) in [5, 5.41) is 59.6. The lowest BCUT2D eigenvalue weighted by molar-refractivity contribution is -0.319. The van der Waals surface area contributed by atoms with Gasteiger partial charge in [0.25, 0.3) is 0 Å². The minimum absolute atomic E-state index is 0.146. The van der Waals surface area contributed by atoms with Crippen LogP contribution in [0.5, 0.6) is 0 Å². The maximum atomic E-state index is 10.2. The molecule has 9 atom stereocenters. The molecular formula is C21H36O10. The SMILES string of the molecule is CC(C)=CCC/C(C)=C\CO[C@@H]1O[C@H](CO[C@@H]2OC[C@H](O)[C@H](O)[C@H]2O)[C@@H](O)[C@H](O)[C@H]1O. The van der Waals surface area contributed by atoms with Gasteiger partial charge in [-0.15, -0.1) is 0 Å². The average molecular weight is 449 g/mol. The summed E-state index contributed by atoms with van der Waals surface area (Å²) in [4.78, 5) is 0. The van der Waals surface area contributed by atoms with E-state index in [0.29, 0.717) is 0 Å². The molecule has 2 heterocycles. The predicted molar refractivity (Wildman–Crippen MR) is 109 cm³/mol. The van der Waals surface area contributed by atoms with E-state index in [-0.39, 0.29) is 19.8 Å². The van der Waals surface area contributed by atoms with Crippen molar-refractivity contribution in [1.82, 2.24) is 0 Å². The Bertz CT molecular complexity index is 605. The highest BCUT2D eigenvalue weighted by atomic mass is 16.7. The van der Waals surface area contributed by atoms with Gasteiger partial charge in [0.1, 0.15) is 42.7 Å². The molecule has 180 valence electrons. The van der Waals surface area contributed by atoms with Crippen molar-refractivity contribution in [1.29, 1.82) is 0 Å². The topological polar surface area (TPSA) is 158 Å². The highest BCUT2D eigenvalue weighted by molar-refractivity contribution is 5.02. The molecule has 0 saturated carbocycles. The predicted octanol–water partition coefficient (Wildman–Crippen LogP) is -1.04. The van der Waals surface area contributed by atoms with Crippen LogP contribution in [0.2, 0.25) is 0 Å². The molecule has 31 heavy (non-hydrogen) atoms. The third-order valence-corrected chi connectivity index (χ3v) is 5.33. The zero-order valence-electron chi connectivity index (χ0n) is 18.2. The summed E-state index contributed by atoms with van der Waals surface area (Å²) in [6, 6.07) is 0. The van der Waals surface area contributed by atoms with Gasteiger partial charge in [-0.25, -0.2) is 0 Å². The Balaban J connectivity index is 1.86. The normalized spacial score (nSPS) is 39.4. The van der Waals surface area contributed by atoms with Gasteiger partial charge in [-0.05, 0) is 33.6 Å². The van der Waals surface area contributed by atoms with Gasteiger partial charge in [-0.2, -0.15) is 0 Å². The summed E-state index contributed by atoms with van der Waals surface area (Å²) in [6.45, 7) is 5.65. The largest absolute Gasteiger partial charge is 0.388 e. The van der Waals surface area contributed by atoms with Crippen LogP contribution in [0.15, 0.2) is 23.3 Å². The number of rotatable bonds is 9. The molecule has 0 unspecified atom stereocenters. The van der Waals surface area contributed by atoms with Crippen LogP contribution in [-0.4, -0.2) is 106 Å². The Hall–Kier alpha value is -0.920. The maximum absolute atomic E-state index is 10.2. The molecule has 2 rings (SSSR count). The second kappa shape index (κ2) is 12.4. The molecule has 10 nitrogen and oxygen atoms in total. The molecule has 2 aliphatic heterocycles. The molecule has 0 aromatic heterocycles. The van der Waals surface area contributed by atoms with E-state index in [0.717, 1.165) is 18.4 Å². The third-order valence-electron chi connectivity index (χ3n) is 5.33. The Morgan fingerprint density at radius 1 is 0.839 bits per heavy atom. The van der Waals surface area contributed by atoms with Crippen molar-refractivity contribution in [3.8, 4) is 0 Å². The fourth-order valence-corrected chi connectivity index (χ4v) is 3.28. The van der Waals surface area contributed by atoms with E-state index in [2.05, 4.69) is 6.08 Å². The first kappa shape index (κ1) is 26.3. The van der Waals surface area contributed by atoms with Crippen molar-refractivity contribution >= 4 is 0 Å². The lowest BCUT2D eigenvalue weighted by Gasteiger charge is -2.41. The van der Waals surface area contributed by atoms with Gasteiger partial charge < -0.3 is 49.6 Å². The van der Waals surface area contributed by atoms with E-state index in [9.17, 15) is 30.6 Å². The van der Waals surface area contributed by atoms with Gasteiger partial charge >= 0.3 is 0 Å². The van der Waals surface area contributed by atoms with Gasteiger partial charge in [-0.1, -0.05) is 23.3 Å². The van der Waals surface area contributed by atoms with E-state index in [1.54, 1.807) is 0 Å². The van der Waals surface area contributed by atoms with Crippen LogP contribution in [0.25, 0.3) is 0 Å². The monoisotopic (exact) mass is 448 g/mol. The van der Waals surface area contributed by atoms with Gasteiger partial charge in [0, 0.05) is 0 Å². The number of hydrogen-bond donors (Lipinski definition) is 6. The number of aliphatic hydroxyl groups is 6. The van der Waals surface area contributed by atoms with Gasteiger partial charge in [0.05, 0.1) is 19.8 Å². The summed E-state index contributed by atoms with van der Waals surface area (Å²) >= 11 is 0. The van der Waals surface area contributed by atoms with Crippen LogP contribution in [0, 0.1) is 0 Å². The van der Waals surface area contributed by atoms with Crippen molar-refractivity contribution in [2.75, 3.05) is 19.8 Å². The Morgan fingerprint density at radius 2 is 1.52 bits per heavy atom. The van der Waals surface area contributed by atoms with E-state index in [4.69, 9.17) is 18.9 Å². The van der Waals surface area contributed by atoms with Gasteiger partial charge in [0.2, 0.25) is 0 Å². The minimum Gasteiger partial charge on any atom is -0.388 e. The van der Waals surface area contributed by atoms with Gasteiger partial charge in [-0.3, -0.25) is 0 Å². The molecule has 0 aromatic rings.